The molecule has 5 nitrogen and oxygen atoms in total. The number of hydrogen-bond acceptors (Lipinski definition) is 4. The van der Waals surface area contributed by atoms with Gasteiger partial charge < -0.3 is 14.0 Å². The highest BCUT2D eigenvalue weighted by molar-refractivity contribution is 5.70. The van der Waals surface area contributed by atoms with E-state index in [9.17, 15) is 0 Å². The Morgan fingerprint density at radius 3 is 2.60 bits per heavy atom. The first kappa shape index (κ1) is 17.0. The number of methoxy groups -OCH3 is 2. The summed E-state index contributed by atoms with van der Waals surface area (Å²) in [5.41, 5.74) is 3.08. The van der Waals surface area contributed by atoms with E-state index in [1.54, 1.807) is 14.2 Å². The van der Waals surface area contributed by atoms with Crippen LogP contribution in [0, 0.1) is 6.92 Å². The second kappa shape index (κ2) is 7.38. The summed E-state index contributed by atoms with van der Waals surface area (Å²) in [7, 11) is 3.30. The average molecular weight is 337 g/mol. The highest BCUT2D eigenvalue weighted by Gasteiger charge is 2.19. The zero-order valence-corrected chi connectivity index (χ0v) is 15.1. The minimum Gasteiger partial charge on any atom is -0.493 e. The molecule has 1 atom stereocenters. The van der Waals surface area contributed by atoms with Crippen molar-refractivity contribution in [2.75, 3.05) is 14.2 Å². The van der Waals surface area contributed by atoms with Crippen molar-refractivity contribution < 1.29 is 9.47 Å². The maximum atomic E-state index is 5.61. The summed E-state index contributed by atoms with van der Waals surface area (Å²) in [4.78, 5) is 9.01. The zero-order valence-electron chi connectivity index (χ0n) is 15.1. The molecule has 0 fully saturated rings. The fraction of sp³-hybridized carbons (Fsp3) is 0.300. The Hall–Kier alpha value is -2.82. The molecule has 1 unspecified atom stereocenters. The minimum absolute atomic E-state index is 0.212. The molecule has 0 aliphatic rings. The van der Waals surface area contributed by atoms with Crippen LogP contribution in [-0.2, 0) is 6.42 Å². The summed E-state index contributed by atoms with van der Waals surface area (Å²) in [6, 6.07) is 10.2. The molecule has 130 valence electrons. The predicted octanol–water partition coefficient (Wildman–Crippen LogP) is 4.07. The maximum Gasteiger partial charge on any atom is 0.171 e. The van der Waals surface area contributed by atoms with Crippen LogP contribution in [0.5, 0.6) is 11.5 Å². The molecular weight excluding hydrogens is 314 g/mol. The Morgan fingerprint density at radius 2 is 1.92 bits per heavy atom. The quantitative estimate of drug-likeness (QED) is 0.680. The van der Waals surface area contributed by atoms with E-state index >= 15 is 0 Å². The highest BCUT2D eigenvalue weighted by Crippen LogP contribution is 2.39. The molecular formula is C20H23N3O2. The molecule has 5 heteroatoms. The molecule has 0 radical (unpaired) electrons. The molecule has 0 saturated heterocycles. The van der Waals surface area contributed by atoms with E-state index in [2.05, 4.69) is 27.5 Å². The van der Waals surface area contributed by atoms with Crippen LogP contribution in [0.15, 0.2) is 48.9 Å². The van der Waals surface area contributed by atoms with Crippen LogP contribution in [0.2, 0.25) is 0 Å². The lowest BCUT2D eigenvalue weighted by Crippen LogP contribution is -2.10. The van der Waals surface area contributed by atoms with Crippen molar-refractivity contribution in [3.05, 3.63) is 60.2 Å². The normalized spacial score (nSPS) is 12.0. The van der Waals surface area contributed by atoms with Gasteiger partial charge in [0, 0.05) is 36.7 Å². The van der Waals surface area contributed by atoms with Gasteiger partial charge in [-0.1, -0.05) is 6.07 Å². The molecule has 0 amide bonds. The van der Waals surface area contributed by atoms with Crippen LogP contribution >= 0.6 is 0 Å². The summed E-state index contributed by atoms with van der Waals surface area (Å²) >= 11 is 0. The number of ether oxygens (including phenoxy) is 2. The van der Waals surface area contributed by atoms with Crippen molar-refractivity contribution in [1.29, 1.82) is 0 Å². The molecule has 3 rings (SSSR count). The Bertz CT molecular complexity index is 843. The molecule has 0 saturated carbocycles. The molecule has 0 N–H and O–H groups in total. The van der Waals surface area contributed by atoms with E-state index in [0.717, 1.165) is 29.1 Å². The maximum absolute atomic E-state index is 5.61. The number of pyridine rings is 1. The van der Waals surface area contributed by atoms with Gasteiger partial charge in [0.1, 0.15) is 5.82 Å². The number of nitrogens with zero attached hydrogens (tertiary/aromatic N) is 3. The number of aryl methyl sites for hydroxylation is 1. The summed E-state index contributed by atoms with van der Waals surface area (Å²) in [6.45, 7) is 4.20. The van der Waals surface area contributed by atoms with Crippen LogP contribution in [0.1, 0.15) is 24.2 Å². The van der Waals surface area contributed by atoms with Gasteiger partial charge in [0.15, 0.2) is 11.5 Å². The van der Waals surface area contributed by atoms with E-state index in [4.69, 9.17) is 9.47 Å². The van der Waals surface area contributed by atoms with Crippen molar-refractivity contribution in [3.63, 3.8) is 0 Å². The fourth-order valence-electron chi connectivity index (χ4n) is 3.07. The molecule has 2 heterocycles. The Balaban J connectivity index is 2.01. The molecule has 25 heavy (non-hydrogen) atoms. The number of benzene rings is 1. The molecule has 1 aromatic carbocycles. The summed E-state index contributed by atoms with van der Waals surface area (Å²) < 4.78 is 13.2. The van der Waals surface area contributed by atoms with Gasteiger partial charge in [-0.3, -0.25) is 4.98 Å². The van der Waals surface area contributed by atoms with Gasteiger partial charge in [0.25, 0.3) is 0 Å². The largest absolute Gasteiger partial charge is 0.493 e. The molecule has 0 spiro atoms. The van der Waals surface area contributed by atoms with Crippen molar-refractivity contribution in [2.24, 2.45) is 0 Å². The van der Waals surface area contributed by atoms with Crippen molar-refractivity contribution in [2.45, 2.75) is 26.3 Å². The zero-order chi connectivity index (χ0) is 17.8. The molecule has 0 bridgehead atoms. The molecule has 2 aromatic heterocycles. The van der Waals surface area contributed by atoms with Crippen LogP contribution in [-0.4, -0.2) is 28.8 Å². The van der Waals surface area contributed by atoms with Crippen molar-refractivity contribution in [1.82, 2.24) is 14.5 Å². The van der Waals surface area contributed by atoms with E-state index in [1.165, 1.54) is 0 Å². The number of rotatable bonds is 6. The van der Waals surface area contributed by atoms with E-state index < -0.39 is 0 Å². The first-order valence-corrected chi connectivity index (χ1v) is 8.29. The van der Waals surface area contributed by atoms with E-state index in [1.807, 2.05) is 49.8 Å². The smallest absolute Gasteiger partial charge is 0.171 e. The van der Waals surface area contributed by atoms with Crippen LogP contribution in [0.4, 0.5) is 0 Å². The lowest BCUT2D eigenvalue weighted by Gasteiger charge is -2.19. The third kappa shape index (κ3) is 3.50. The van der Waals surface area contributed by atoms with Crippen LogP contribution in [0.25, 0.3) is 11.4 Å². The van der Waals surface area contributed by atoms with Gasteiger partial charge in [-0.15, -0.1) is 0 Å². The average Bonchev–Trinajstić information content (AvgIpc) is 3.11. The summed E-state index contributed by atoms with van der Waals surface area (Å²) in [5, 5.41) is 0. The summed E-state index contributed by atoms with van der Waals surface area (Å²) in [6.07, 6.45) is 6.47. The van der Waals surface area contributed by atoms with Crippen LogP contribution in [0.3, 0.4) is 0 Å². The van der Waals surface area contributed by atoms with E-state index in [0.29, 0.717) is 11.5 Å². The van der Waals surface area contributed by atoms with Gasteiger partial charge in [-0.25, -0.2) is 4.98 Å². The van der Waals surface area contributed by atoms with Gasteiger partial charge in [0.2, 0.25) is 0 Å². The second-order valence-corrected chi connectivity index (χ2v) is 6.08. The number of aromatic nitrogens is 3. The third-order valence-electron chi connectivity index (χ3n) is 4.24. The Labute approximate surface area is 148 Å². The Morgan fingerprint density at radius 1 is 1.08 bits per heavy atom. The highest BCUT2D eigenvalue weighted by atomic mass is 16.5. The van der Waals surface area contributed by atoms with Crippen LogP contribution < -0.4 is 9.47 Å². The number of hydrogen-bond donors (Lipinski definition) is 0. The van der Waals surface area contributed by atoms with Gasteiger partial charge in [-0.2, -0.15) is 0 Å². The lowest BCUT2D eigenvalue weighted by molar-refractivity contribution is 0.355. The summed E-state index contributed by atoms with van der Waals surface area (Å²) in [5.74, 6) is 2.28. The molecule has 0 aliphatic carbocycles. The van der Waals surface area contributed by atoms with Crippen molar-refractivity contribution >= 4 is 0 Å². The Kier molecular flexibility index (Phi) is 5.03. The SMILES string of the molecule is COc1cc(C)cc(-c2nccn2C(C)Cc2ccccn2)c1OC. The van der Waals surface area contributed by atoms with Gasteiger partial charge >= 0.3 is 0 Å². The standard InChI is InChI=1S/C20H23N3O2/c1-14-11-17(19(25-4)18(12-14)24-3)20-22-9-10-23(20)15(2)13-16-7-5-6-8-21-16/h5-12,15H,13H2,1-4H3. The third-order valence-corrected chi connectivity index (χ3v) is 4.24. The topological polar surface area (TPSA) is 49.2 Å². The molecule has 0 aliphatic heterocycles. The van der Waals surface area contributed by atoms with E-state index in [-0.39, 0.29) is 6.04 Å². The molecule has 3 aromatic rings. The first-order valence-electron chi connectivity index (χ1n) is 8.29. The monoisotopic (exact) mass is 337 g/mol. The minimum atomic E-state index is 0.212. The predicted molar refractivity (Wildman–Crippen MR) is 98.2 cm³/mol. The number of imidazole rings is 1. The van der Waals surface area contributed by atoms with Crippen molar-refractivity contribution in [3.8, 4) is 22.9 Å². The lowest BCUT2D eigenvalue weighted by atomic mass is 10.1. The first-order chi connectivity index (χ1) is 12.1. The second-order valence-electron chi connectivity index (χ2n) is 6.08. The fourth-order valence-corrected chi connectivity index (χ4v) is 3.07. The van der Waals surface area contributed by atoms with Gasteiger partial charge in [-0.05, 0) is 43.7 Å². The van der Waals surface area contributed by atoms with Gasteiger partial charge in [0.05, 0.1) is 19.8 Å².